The van der Waals surface area contributed by atoms with Crippen molar-refractivity contribution in [3.8, 4) is 0 Å². The lowest BCUT2D eigenvalue weighted by atomic mass is 10.1. The Hall–Kier alpha value is -0.140. The molecule has 0 spiro atoms. The summed E-state index contributed by atoms with van der Waals surface area (Å²) in [7, 11) is -9.31. The van der Waals surface area contributed by atoms with Crippen LogP contribution < -0.4 is 0 Å². The number of hydrogen-bond acceptors (Lipinski definition) is 4. The van der Waals surface area contributed by atoms with E-state index in [1.807, 2.05) is 0 Å². The molecule has 0 heterocycles. The summed E-state index contributed by atoms with van der Waals surface area (Å²) < 4.78 is 51.3. The van der Waals surface area contributed by atoms with E-state index >= 15 is 0 Å². The van der Waals surface area contributed by atoms with Crippen molar-refractivity contribution in [3.05, 3.63) is 0 Å². The molecule has 0 aliphatic rings. The van der Waals surface area contributed by atoms with Gasteiger partial charge in [-0.05, 0) is 6.42 Å². The van der Waals surface area contributed by atoms with Gasteiger partial charge in [0.1, 0.15) is 0 Å². The van der Waals surface area contributed by atoms with Crippen molar-refractivity contribution in [2.75, 3.05) is 5.75 Å². The lowest BCUT2D eigenvalue weighted by molar-refractivity contribution is 0.492. The Kier molecular flexibility index (Phi) is 7.98. The van der Waals surface area contributed by atoms with Gasteiger partial charge in [0.15, 0.2) is 0 Å². The fourth-order valence-corrected chi connectivity index (χ4v) is 3.27. The van der Waals surface area contributed by atoms with E-state index in [4.69, 9.17) is 4.55 Å². The Morgan fingerprint density at radius 3 is 1.59 bits per heavy atom. The fourth-order valence-electron chi connectivity index (χ4n) is 1.52. The van der Waals surface area contributed by atoms with Crippen LogP contribution >= 0.6 is 0 Å². The molecule has 0 aliphatic carbocycles. The van der Waals surface area contributed by atoms with Gasteiger partial charge in [-0.15, -0.1) is 0 Å². The molecule has 0 saturated carbocycles. The van der Waals surface area contributed by atoms with Crippen LogP contribution in [0, 0.1) is 0 Å². The molecule has 0 aromatic rings. The van der Waals surface area contributed by atoms with E-state index in [1.54, 1.807) is 0 Å². The Morgan fingerprint density at radius 2 is 1.18 bits per heavy atom. The summed E-state index contributed by atoms with van der Waals surface area (Å²) in [6.07, 6.45) is 7.66. The van der Waals surface area contributed by atoms with Crippen molar-refractivity contribution in [1.82, 2.24) is 0 Å². The summed E-state index contributed by atoms with van der Waals surface area (Å²) in [6.45, 7) is 2.14. The minimum absolute atomic E-state index is 0.288. The van der Waals surface area contributed by atoms with Gasteiger partial charge < -0.3 is 0 Å². The van der Waals surface area contributed by atoms with Crippen LogP contribution in [0.2, 0.25) is 0 Å². The van der Waals surface area contributed by atoms with Gasteiger partial charge in [0, 0.05) is 0 Å². The second kappa shape index (κ2) is 8.05. The van der Waals surface area contributed by atoms with E-state index in [2.05, 4.69) is 6.92 Å². The number of unbranched alkanes of at least 4 members (excludes halogenated alkanes) is 7. The first-order chi connectivity index (χ1) is 7.81. The zero-order chi connectivity index (χ0) is 13.4. The third-order valence-corrected chi connectivity index (χ3v) is 6.42. The van der Waals surface area contributed by atoms with Crippen molar-refractivity contribution in [3.63, 3.8) is 0 Å². The van der Waals surface area contributed by atoms with Crippen LogP contribution in [0.1, 0.15) is 58.3 Å². The highest BCUT2D eigenvalue weighted by molar-refractivity contribution is 8.64. The SMILES string of the molecule is CCCCCCCCCCS(=O)(=O)S(=O)(=O)O. The predicted molar refractivity (Wildman–Crippen MR) is 67.9 cm³/mol. The van der Waals surface area contributed by atoms with Crippen LogP contribution in [0.4, 0.5) is 0 Å². The maximum atomic E-state index is 11.0. The monoisotopic (exact) mass is 286 g/mol. The first-order valence-corrected chi connectivity index (χ1v) is 9.62. The molecular formula is C10H22O5S2. The predicted octanol–water partition coefficient (Wildman–Crippen LogP) is 2.34. The molecule has 0 radical (unpaired) electrons. The summed E-state index contributed by atoms with van der Waals surface area (Å²) in [5, 5.41) is 0. The van der Waals surface area contributed by atoms with Crippen LogP contribution in [0.15, 0.2) is 0 Å². The van der Waals surface area contributed by atoms with Crippen LogP contribution in [-0.4, -0.2) is 27.1 Å². The molecule has 0 fully saturated rings. The van der Waals surface area contributed by atoms with E-state index in [-0.39, 0.29) is 6.42 Å². The molecule has 0 rings (SSSR count). The van der Waals surface area contributed by atoms with Gasteiger partial charge in [0.05, 0.1) is 5.75 Å². The van der Waals surface area contributed by atoms with Crippen molar-refractivity contribution < 1.29 is 21.4 Å². The van der Waals surface area contributed by atoms with Crippen LogP contribution in [-0.2, 0) is 18.0 Å². The van der Waals surface area contributed by atoms with Crippen molar-refractivity contribution in [2.24, 2.45) is 0 Å². The number of hydrogen-bond donors (Lipinski definition) is 1. The first kappa shape index (κ1) is 16.9. The second-order valence-electron chi connectivity index (χ2n) is 4.16. The van der Waals surface area contributed by atoms with E-state index < -0.39 is 23.8 Å². The Balaban J connectivity index is 3.60. The van der Waals surface area contributed by atoms with Crippen LogP contribution in [0.5, 0.6) is 0 Å². The van der Waals surface area contributed by atoms with E-state index in [0.29, 0.717) is 6.42 Å². The zero-order valence-corrected chi connectivity index (χ0v) is 11.9. The molecule has 0 aromatic heterocycles. The zero-order valence-electron chi connectivity index (χ0n) is 10.3. The molecule has 0 aliphatic heterocycles. The van der Waals surface area contributed by atoms with Gasteiger partial charge in [-0.25, -0.2) is 8.42 Å². The smallest absolute Gasteiger partial charge is 0.274 e. The van der Waals surface area contributed by atoms with Gasteiger partial charge in [-0.1, -0.05) is 51.9 Å². The highest BCUT2D eigenvalue weighted by atomic mass is 33.2. The normalized spacial score (nSPS) is 12.8. The summed E-state index contributed by atoms with van der Waals surface area (Å²) >= 11 is 0. The molecule has 0 aromatic carbocycles. The van der Waals surface area contributed by atoms with Crippen molar-refractivity contribution in [1.29, 1.82) is 0 Å². The van der Waals surface area contributed by atoms with E-state index in [0.717, 1.165) is 19.3 Å². The Morgan fingerprint density at radius 1 is 0.765 bits per heavy atom. The van der Waals surface area contributed by atoms with Gasteiger partial charge in [0.25, 0.3) is 8.87 Å². The molecule has 5 nitrogen and oxygen atoms in total. The first-order valence-electron chi connectivity index (χ1n) is 6.01. The molecule has 17 heavy (non-hydrogen) atoms. The minimum Gasteiger partial charge on any atom is -0.274 e. The van der Waals surface area contributed by atoms with E-state index in [9.17, 15) is 16.8 Å². The molecule has 7 heteroatoms. The standard InChI is InChI=1S/C10H22O5S2/c1-2-3-4-5-6-7-8-9-10-16(11,12)17(13,14)15/h2-10H2,1H3,(H,13,14,15). The van der Waals surface area contributed by atoms with Gasteiger partial charge in [0.2, 0.25) is 0 Å². The lowest BCUT2D eigenvalue weighted by Crippen LogP contribution is -2.17. The van der Waals surface area contributed by atoms with E-state index in [1.165, 1.54) is 19.3 Å². The third kappa shape index (κ3) is 7.72. The maximum absolute atomic E-state index is 11.0. The highest BCUT2D eigenvalue weighted by Gasteiger charge is 2.25. The second-order valence-corrected chi connectivity index (χ2v) is 9.33. The molecule has 0 unspecified atom stereocenters. The van der Waals surface area contributed by atoms with Crippen molar-refractivity contribution in [2.45, 2.75) is 58.3 Å². The summed E-state index contributed by atoms with van der Waals surface area (Å²) in [6, 6.07) is 0. The average Bonchev–Trinajstić information content (AvgIpc) is 2.20. The molecular weight excluding hydrogens is 264 g/mol. The summed E-state index contributed by atoms with van der Waals surface area (Å²) in [5.41, 5.74) is 0. The topological polar surface area (TPSA) is 88.5 Å². The molecule has 0 saturated heterocycles. The quantitative estimate of drug-likeness (QED) is 0.378. The summed E-state index contributed by atoms with van der Waals surface area (Å²) in [5.74, 6) is -0.485. The van der Waals surface area contributed by atoms with Gasteiger partial charge >= 0.3 is 9.15 Å². The number of rotatable bonds is 10. The Labute approximate surface area is 104 Å². The third-order valence-electron chi connectivity index (χ3n) is 2.57. The van der Waals surface area contributed by atoms with Crippen LogP contribution in [0.3, 0.4) is 0 Å². The molecule has 104 valence electrons. The van der Waals surface area contributed by atoms with Crippen molar-refractivity contribution >= 4 is 18.0 Å². The Bertz CT molecular complexity index is 383. The molecule has 0 amide bonds. The molecule has 1 N–H and O–H groups in total. The average molecular weight is 286 g/mol. The minimum atomic E-state index is -4.93. The maximum Gasteiger partial charge on any atom is 0.372 e. The lowest BCUT2D eigenvalue weighted by Gasteiger charge is -2.02. The van der Waals surface area contributed by atoms with Gasteiger partial charge in [-0.3, -0.25) is 4.55 Å². The molecule has 0 bridgehead atoms. The van der Waals surface area contributed by atoms with Gasteiger partial charge in [-0.2, -0.15) is 8.42 Å². The summed E-state index contributed by atoms with van der Waals surface area (Å²) in [4.78, 5) is 0. The molecule has 0 atom stereocenters. The fraction of sp³-hybridized carbons (Fsp3) is 1.00. The highest BCUT2D eigenvalue weighted by Crippen LogP contribution is 2.10. The van der Waals surface area contributed by atoms with Crippen LogP contribution in [0.25, 0.3) is 0 Å². The largest absolute Gasteiger partial charge is 0.372 e.